The highest BCUT2D eigenvalue weighted by molar-refractivity contribution is 6.09. The van der Waals surface area contributed by atoms with Crippen molar-refractivity contribution in [3.63, 3.8) is 0 Å². The third-order valence-corrected chi connectivity index (χ3v) is 5.16. The molecule has 1 aromatic carbocycles. The number of imide groups is 1. The number of amides is 4. The lowest BCUT2D eigenvalue weighted by atomic mass is 9.85. The van der Waals surface area contributed by atoms with Crippen molar-refractivity contribution in [2.75, 3.05) is 6.54 Å². The molecule has 0 bridgehead atoms. The first-order valence-corrected chi connectivity index (χ1v) is 9.12. The highest BCUT2D eigenvalue weighted by Gasteiger charge is 2.52. The van der Waals surface area contributed by atoms with Crippen LogP contribution >= 0.6 is 0 Å². The number of urea groups is 1. The maximum atomic E-state index is 13.1. The van der Waals surface area contributed by atoms with Gasteiger partial charge in [-0.3, -0.25) is 14.5 Å². The fourth-order valence-electron chi connectivity index (χ4n) is 3.15. The van der Waals surface area contributed by atoms with E-state index in [4.69, 9.17) is 0 Å². The molecule has 2 atom stereocenters. The van der Waals surface area contributed by atoms with E-state index in [-0.39, 0.29) is 5.92 Å². The maximum Gasteiger partial charge on any atom is 0.325 e. The molecular weight excluding hydrogens is 344 g/mol. The largest absolute Gasteiger partial charge is 0.336 e. The predicted molar refractivity (Wildman–Crippen MR) is 100 cm³/mol. The smallest absolute Gasteiger partial charge is 0.325 e. The number of nitrogens with one attached hydrogen (secondary N) is 2. The quantitative estimate of drug-likeness (QED) is 0.719. The van der Waals surface area contributed by atoms with Gasteiger partial charge in [0, 0.05) is 0 Å². The number of nitrogens with zero attached hydrogens (tertiary/aromatic N) is 2. The van der Waals surface area contributed by atoms with E-state index in [1.807, 2.05) is 39.0 Å². The van der Waals surface area contributed by atoms with Crippen molar-refractivity contribution in [2.24, 2.45) is 5.92 Å². The Hall–Kier alpha value is -2.88. The van der Waals surface area contributed by atoms with Crippen molar-refractivity contribution in [1.29, 1.82) is 5.26 Å². The molecular formula is C20H26N4O3. The molecule has 1 aliphatic heterocycles. The summed E-state index contributed by atoms with van der Waals surface area (Å²) in [5.41, 5.74) is -1.54. The highest BCUT2D eigenvalue weighted by atomic mass is 16.2. The van der Waals surface area contributed by atoms with Crippen LogP contribution in [0.25, 0.3) is 0 Å². The lowest BCUT2D eigenvalue weighted by Gasteiger charge is -2.29. The van der Waals surface area contributed by atoms with Crippen molar-refractivity contribution in [3.05, 3.63) is 35.9 Å². The highest BCUT2D eigenvalue weighted by Crippen LogP contribution is 2.33. The molecule has 1 aliphatic rings. The summed E-state index contributed by atoms with van der Waals surface area (Å²) in [7, 11) is 0. The van der Waals surface area contributed by atoms with Gasteiger partial charge in [-0.25, -0.2) is 4.79 Å². The fourth-order valence-corrected chi connectivity index (χ4v) is 3.15. The van der Waals surface area contributed by atoms with Crippen molar-refractivity contribution >= 4 is 17.8 Å². The van der Waals surface area contributed by atoms with Crippen LogP contribution in [0.15, 0.2) is 30.3 Å². The zero-order valence-corrected chi connectivity index (χ0v) is 16.2. The monoisotopic (exact) mass is 370 g/mol. The van der Waals surface area contributed by atoms with E-state index >= 15 is 0 Å². The standard InChI is InChI=1S/C20H26N4O3/c1-5-11-20(15-9-7-6-8-10-15)17(26)24(18(27)23-20)12-16(25)22-19(4,13-21)14(2)3/h6-10,14H,5,11-12H2,1-4H3,(H,22,25)(H,23,27)/t19-,20-/m0/s1. The molecule has 7 nitrogen and oxygen atoms in total. The fraction of sp³-hybridized carbons (Fsp3) is 0.500. The van der Waals surface area contributed by atoms with Crippen molar-refractivity contribution in [3.8, 4) is 6.07 Å². The Kier molecular flexibility index (Phi) is 5.89. The Bertz CT molecular complexity index is 771. The van der Waals surface area contributed by atoms with Gasteiger partial charge < -0.3 is 10.6 Å². The minimum atomic E-state index is -1.16. The Morgan fingerprint density at radius 1 is 1.33 bits per heavy atom. The van der Waals surface area contributed by atoms with Gasteiger partial charge in [-0.05, 0) is 24.8 Å². The summed E-state index contributed by atoms with van der Waals surface area (Å²) >= 11 is 0. The molecule has 1 saturated heterocycles. The molecule has 4 amide bonds. The SMILES string of the molecule is CCC[C@@]1(c2ccccc2)NC(=O)N(CC(=O)N[C@@](C)(C#N)C(C)C)C1=O. The molecule has 1 aromatic rings. The van der Waals surface area contributed by atoms with E-state index in [1.54, 1.807) is 19.1 Å². The van der Waals surface area contributed by atoms with E-state index in [0.717, 1.165) is 4.90 Å². The topological polar surface area (TPSA) is 102 Å². The molecule has 0 spiro atoms. The second kappa shape index (κ2) is 7.78. The van der Waals surface area contributed by atoms with Crippen LogP contribution < -0.4 is 10.6 Å². The van der Waals surface area contributed by atoms with Crippen LogP contribution in [-0.2, 0) is 15.1 Å². The number of rotatable bonds is 7. The molecule has 7 heteroatoms. The molecule has 0 unspecified atom stereocenters. The Labute approximate surface area is 159 Å². The summed E-state index contributed by atoms with van der Waals surface area (Å²) in [5, 5.41) is 14.8. The molecule has 0 aromatic heterocycles. The van der Waals surface area contributed by atoms with Crippen LogP contribution in [0.1, 0.15) is 46.1 Å². The van der Waals surface area contributed by atoms with Crippen LogP contribution in [0.4, 0.5) is 4.79 Å². The van der Waals surface area contributed by atoms with E-state index in [9.17, 15) is 19.6 Å². The van der Waals surface area contributed by atoms with Crippen LogP contribution in [-0.4, -0.2) is 34.8 Å². The molecule has 144 valence electrons. The summed E-state index contributed by atoms with van der Waals surface area (Å²) < 4.78 is 0. The molecule has 27 heavy (non-hydrogen) atoms. The Balaban J connectivity index is 2.25. The van der Waals surface area contributed by atoms with Gasteiger partial charge in [-0.1, -0.05) is 57.5 Å². The minimum Gasteiger partial charge on any atom is -0.336 e. The van der Waals surface area contributed by atoms with Gasteiger partial charge in [-0.15, -0.1) is 0 Å². The van der Waals surface area contributed by atoms with Crippen LogP contribution in [0.2, 0.25) is 0 Å². The summed E-state index contributed by atoms with van der Waals surface area (Å²) in [6.07, 6.45) is 1.11. The summed E-state index contributed by atoms with van der Waals surface area (Å²) in [6.45, 7) is 6.76. The van der Waals surface area contributed by atoms with Crippen LogP contribution in [0.5, 0.6) is 0 Å². The Morgan fingerprint density at radius 3 is 2.48 bits per heavy atom. The number of hydrogen-bond donors (Lipinski definition) is 2. The second-order valence-electron chi connectivity index (χ2n) is 7.36. The van der Waals surface area contributed by atoms with Crippen molar-refractivity contribution in [1.82, 2.24) is 15.5 Å². The van der Waals surface area contributed by atoms with E-state index in [0.29, 0.717) is 18.4 Å². The molecule has 0 radical (unpaired) electrons. The average molecular weight is 370 g/mol. The first-order chi connectivity index (χ1) is 12.7. The van der Waals surface area contributed by atoms with E-state index in [1.165, 1.54) is 0 Å². The first-order valence-electron chi connectivity index (χ1n) is 9.12. The van der Waals surface area contributed by atoms with Crippen LogP contribution in [0, 0.1) is 17.2 Å². The summed E-state index contributed by atoms with van der Waals surface area (Å²) in [5.74, 6) is -1.12. The molecule has 2 rings (SSSR count). The number of nitriles is 1. The third kappa shape index (κ3) is 3.80. The second-order valence-corrected chi connectivity index (χ2v) is 7.36. The molecule has 1 fully saturated rings. The number of carbonyl (C=O) groups is 3. The van der Waals surface area contributed by atoms with Gasteiger partial charge in [0.15, 0.2) is 0 Å². The number of carbonyl (C=O) groups excluding carboxylic acids is 3. The van der Waals surface area contributed by atoms with Gasteiger partial charge in [0.1, 0.15) is 17.6 Å². The zero-order valence-electron chi connectivity index (χ0n) is 16.2. The minimum absolute atomic E-state index is 0.127. The van der Waals surface area contributed by atoms with E-state index in [2.05, 4.69) is 16.7 Å². The normalized spacial score (nSPS) is 21.6. The molecule has 0 aliphatic carbocycles. The van der Waals surface area contributed by atoms with E-state index < -0.39 is 35.5 Å². The molecule has 2 N–H and O–H groups in total. The Morgan fingerprint density at radius 2 is 1.96 bits per heavy atom. The lowest BCUT2D eigenvalue weighted by Crippen LogP contribution is -2.52. The zero-order chi connectivity index (χ0) is 20.2. The van der Waals surface area contributed by atoms with Gasteiger partial charge in [0.25, 0.3) is 5.91 Å². The lowest BCUT2D eigenvalue weighted by molar-refractivity contribution is -0.136. The predicted octanol–water partition coefficient (Wildman–Crippen LogP) is 2.29. The van der Waals surface area contributed by atoms with Gasteiger partial charge in [0.2, 0.25) is 5.91 Å². The third-order valence-electron chi connectivity index (χ3n) is 5.16. The molecule has 0 saturated carbocycles. The number of hydrogen-bond acceptors (Lipinski definition) is 4. The van der Waals surface area contributed by atoms with Crippen molar-refractivity contribution < 1.29 is 14.4 Å². The van der Waals surface area contributed by atoms with Gasteiger partial charge in [0.05, 0.1) is 6.07 Å². The average Bonchev–Trinajstić information content (AvgIpc) is 2.87. The van der Waals surface area contributed by atoms with Crippen LogP contribution in [0.3, 0.4) is 0 Å². The first kappa shape index (κ1) is 20.4. The number of benzene rings is 1. The molecule has 1 heterocycles. The van der Waals surface area contributed by atoms with Gasteiger partial charge in [-0.2, -0.15) is 5.26 Å². The maximum absolute atomic E-state index is 13.1. The van der Waals surface area contributed by atoms with Crippen molar-refractivity contribution in [2.45, 2.75) is 51.6 Å². The van der Waals surface area contributed by atoms with Gasteiger partial charge >= 0.3 is 6.03 Å². The summed E-state index contributed by atoms with van der Waals surface area (Å²) in [4.78, 5) is 39.0. The summed E-state index contributed by atoms with van der Waals surface area (Å²) in [6, 6.07) is 10.5.